The van der Waals surface area contributed by atoms with Gasteiger partial charge in [-0.25, -0.2) is 9.78 Å². The molecule has 3 heterocycles. The van der Waals surface area contributed by atoms with E-state index in [4.69, 9.17) is 4.74 Å². The summed E-state index contributed by atoms with van der Waals surface area (Å²) in [6.07, 6.45) is 4.71. The molecular formula is C23H23N5O3S. The Balaban J connectivity index is 1.43. The number of carbonyl (C=O) groups excluding carboxylic acids is 2. The molecule has 1 aliphatic rings. The van der Waals surface area contributed by atoms with Gasteiger partial charge in [-0.05, 0) is 56.6 Å². The number of anilines is 1. The van der Waals surface area contributed by atoms with Crippen LogP contribution in [0.4, 0.5) is 9.93 Å². The number of nitrogens with one attached hydrogen (secondary N) is 2. The minimum absolute atomic E-state index is 0.0515. The fourth-order valence-electron chi connectivity index (χ4n) is 3.60. The summed E-state index contributed by atoms with van der Waals surface area (Å²) in [5.74, 6) is 0.190. The number of carbonyl (C=O) groups is 2. The van der Waals surface area contributed by atoms with Crippen LogP contribution in [-0.2, 0) is 9.53 Å². The first-order valence-electron chi connectivity index (χ1n) is 10.6. The Labute approximate surface area is 188 Å². The molecule has 3 aromatic heterocycles. The van der Waals surface area contributed by atoms with Gasteiger partial charge in [0.15, 0.2) is 5.13 Å². The van der Waals surface area contributed by atoms with E-state index in [2.05, 4.69) is 20.6 Å². The summed E-state index contributed by atoms with van der Waals surface area (Å²) in [5, 5.41) is 6.53. The van der Waals surface area contributed by atoms with E-state index in [9.17, 15) is 9.59 Å². The zero-order valence-corrected chi connectivity index (χ0v) is 18.6. The molecule has 0 aliphatic heterocycles. The Hall–Kier alpha value is -3.30. The van der Waals surface area contributed by atoms with Gasteiger partial charge < -0.3 is 15.4 Å². The average Bonchev–Trinajstić information content (AvgIpc) is 3.42. The lowest BCUT2D eigenvalue weighted by Crippen LogP contribution is -2.28. The Bertz CT molecular complexity index is 1320. The SMILES string of the molecule is CNCC(C)OC(=O)n1ccc2ncc(-c3ccc4nc(NC(=O)C5CC5)sc4c3)cc21. The van der Waals surface area contributed by atoms with Gasteiger partial charge in [0, 0.05) is 30.4 Å². The molecule has 1 fully saturated rings. The Kier molecular flexibility index (Phi) is 5.36. The van der Waals surface area contributed by atoms with E-state index in [0.717, 1.165) is 39.7 Å². The van der Waals surface area contributed by atoms with Gasteiger partial charge in [-0.15, -0.1) is 0 Å². The largest absolute Gasteiger partial charge is 0.445 e. The molecule has 9 heteroatoms. The number of fused-ring (bicyclic) bond motifs is 2. The lowest BCUT2D eigenvalue weighted by atomic mass is 10.1. The predicted octanol–water partition coefficient (Wildman–Crippen LogP) is 4.25. The lowest BCUT2D eigenvalue weighted by Gasteiger charge is -2.13. The Morgan fingerprint density at radius 2 is 2.06 bits per heavy atom. The standard InChI is InChI=1S/C23H23N5O3S/c1-13(11-24-2)31-23(30)28-8-7-17-19(28)9-16(12-25-17)15-5-6-18-20(10-15)32-22(26-18)27-21(29)14-3-4-14/h5-10,12-14,24H,3-4,11H2,1-2H3,(H,26,27,29). The van der Waals surface area contributed by atoms with Crippen molar-refractivity contribution in [2.75, 3.05) is 18.9 Å². The van der Waals surface area contributed by atoms with Crippen molar-refractivity contribution in [1.82, 2.24) is 19.9 Å². The maximum atomic E-state index is 12.6. The number of nitrogens with zero attached hydrogens (tertiary/aromatic N) is 3. The number of amides is 1. The number of ether oxygens (including phenoxy) is 1. The molecule has 32 heavy (non-hydrogen) atoms. The van der Waals surface area contributed by atoms with Crippen LogP contribution in [0.2, 0.25) is 0 Å². The van der Waals surface area contributed by atoms with Crippen molar-refractivity contribution in [2.24, 2.45) is 5.92 Å². The van der Waals surface area contributed by atoms with E-state index in [0.29, 0.717) is 17.2 Å². The minimum atomic E-state index is -0.435. The summed E-state index contributed by atoms with van der Waals surface area (Å²) in [4.78, 5) is 33.7. The van der Waals surface area contributed by atoms with Crippen LogP contribution in [0.3, 0.4) is 0 Å². The molecule has 2 N–H and O–H groups in total. The van der Waals surface area contributed by atoms with Crippen LogP contribution < -0.4 is 10.6 Å². The number of hydrogen-bond acceptors (Lipinski definition) is 7. The Morgan fingerprint density at radius 1 is 1.22 bits per heavy atom. The van der Waals surface area contributed by atoms with E-state index in [-0.39, 0.29) is 17.9 Å². The molecule has 1 amide bonds. The number of pyridine rings is 1. The summed E-state index contributed by atoms with van der Waals surface area (Å²) in [6, 6.07) is 9.67. The zero-order valence-electron chi connectivity index (χ0n) is 17.8. The highest BCUT2D eigenvalue weighted by Gasteiger charge is 2.30. The number of rotatable bonds is 6. The molecule has 5 rings (SSSR count). The molecule has 8 nitrogen and oxygen atoms in total. The number of likely N-dealkylation sites (N-methyl/N-ethyl adjacent to an activating group) is 1. The molecule has 1 atom stereocenters. The zero-order chi connectivity index (χ0) is 22.2. The highest BCUT2D eigenvalue weighted by Crippen LogP contribution is 2.34. The van der Waals surface area contributed by atoms with Crippen molar-refractivity contribution in [3.8, 4) is 11.1 Å². The highest BCUT2D eigenvalue weighted by atomic mass is 32.1. The molecule has 1 aromatic carbocycles. The molecule has 0 saturated heterocycles. The molecule has 1 aliphatic carbocycles. The topological polar surface area (TPSA) is 98.1 Å². The fourth-order valence-corrected chi connectivity index (χ4v) is 4.50. The molecule has 164 valence electrons. The predicted molar refractivity (Wildman–Crippen MR) is 125 cm³/mol. The molecule has 0 spiro atoms. The maximum Gasteiger partial charge on any atom is 0.418 e. The lowest BCUT2D eigenvalue weighted by molar-refractivity contribution is -0.117. The fraction of sp³-hybridized carbons (Fsp3) is 0.304. The van der Waals surface area contributed by atoms with Crippen LogP contribution in [0.15, 0.2) is 42.7 Å². The molecular weight excluding hydrogens is 426 g/mol. The molecule has 4 aromatic rings. The number of benzene rings is 1. The van der Waals surface area contributed by atoms with Gasteiger partial charge >= 0.3 is 6.09 Å². The second kappa shape index (κ2) is 8.33. The van der Waals surface area contributed by atoms with Crippen LogP contribution in [0.25, 0.3) is 32.4 Å². The van der Waals surface area contributed by atoms with Crippen LogP contribution in [0.1, 0.15) is 19.8 Å². The number of thiazole rings is 1. The van der Waals surface area contributed by atoms with E-state index >= 15 is 0 Å². The van der Waals surface area contributed by atoms with Crippen molar-refractivity contribution in [2.45, 2.75) is 25.9 Å². The Morgan fingerprint density at radius 3 is 2.84 bits per heavy atom. The minimum Gasteiger partial charge on any atom is -0.445 e. The monoisotopic (exact) mass is 449 g/mol. The van der Waals surface area contributed by atoms with E-state index in [1.54, 1.807) is 18.5 Å². The summed E-state index contributed by atoms with van der Waals surface area (Å²) in [7, 11) is 1.82. The van der Waals surface area contributed by atoms with Gasteiger partial charge in [0.05, 0.1) is 21.3 Å². The van der Waals surface area contributed by atoms with Gasteiger partial charge in [-0.1, -0.05) is 17.4 Å². The first kappa shape index (κ1) is 20.6. The summed E-state index contributed by atoms with van der Waals surface area (Å²) in [6.45, 7) is 2.42. The normalized spacial score (nSPS) is 14.6. The third-order valence-electron chi connectivity index (χ3n) is 5.43. The second-order valence-corrected chi connectivity index (χ2v) is 9.06. The molecule has 1 unspecified atom stereocenters. The number of hydrogen-bond donors (Lipinski definition) is 2. The van der Waals surface area contributed by atoms with Gasteiger partial charge in [-0.2, -0.15) is 0 Å². The molecule has 0 bridgehead atoms. The quantitative estimate of drug-likeness (QED) is 0.457. The van der Waals surface area contributed by atoms with Crippen LogP contribution in [0.5, 0.6) is 0 Å². The van der Waals surface area contributed by atoms with Gasteiger partial charge in [-0.3, -0.25) is 14.3 Å². The second-order valence-electron chi connectivity index (χ2n) is 8.03. The van der Waals surface area contributed by atoms with Crippen LogP contribution >= 0.6 is 11.3 Å². The van der Waals surface area contributed by atoms with E-state index in [1.807, 2.05) is 38.2 Å². The van der Waals surface area contributed by atoms with Crippen molar-refractivity contribution in [3.63, 3.8) is 0 Å². The molecule has 0 radical (unpaired) electrons. The highest BCUT2D eigenvalue weighted by molar-refractivity contribution is 7.22. The average molecular weight is 450 g/mol. The van der Waals surface area contributed by atoms with Crippen LogP contribution in [-0.4, -0.2) is 46.2 Å². The summed E-state index contributed by atoms with van der Waals surface area (Å²) < 4.78 is 7.95. The van der Waals surface area contributed by atoms with Gasteiger partial charge in [0.25, 0.3) is 0 Å². The third-order valence-corrected chi connectivity index (χ3v) is 6.36. The van der Waals surface area contributed by atoms with Crippen molar-refractivity contribution < 1.29 is 14.3 Å². The molecule has 1 saturated carbocycles. The van der Waals surface area contributed by atoms with Gasteiger partial charge in [0.1, 0.15) is 6.10 Å². The maximum absolute atomic E-state index is 12.6. The van der Waals surface area contributed by atoms with E-state index in [1.165, 1.54) is 15.9 Å². The van der Waals surface area contributed by atoms with E-state index < -0.39 is 6.09 Å². The third kappa shape index (κ3) is 4.09. The summed E-state index contributed by atoms with van der Waals surface area (Å²) >= 11 is 1.46. The van der Waals surface area contributed by atoms with Crippen LogP contribution in [0, 0.1) is 5.92 Å². The van der Waals surface area contributed by atoms with Gasteiger partial charge in [0.2, 0.25) is 5.91 Å². The summed E-state index contributed by atoms with van der Waals surface area (Å²) in [5.41, 5.74) is 4.08. The van der Waals surface area contributed by atoms with Crippen molar-refractivity contribution in [1.29, 1.82) is 0 Å². The first-order chi connectivity index (χ1) is 15.5. The van der Waals surface area contributed by atoms with Crippen molar-refractivity contribution in [3.05, 3.63) is 42.7 Å². The smallest absolute Gasteiger partial charge is 0.418 e. The van der Waals surface area contributed by atoms with Crippen molar-refractivity contribution >= 4 is 49.7 Å². The number of aromatic nitrogens is 3. The first-order valence-corrected chi connectivity index (χ1v) is 11.4.